The molecule has 7 aromatic carbocycles. The molecule has 1 spiro atoms. The van der Waals surface area contributed by atoms with E-state index in [0.29, 0.717) is 0 Å². The van der Waals surface area contributed by atoms with E-state index < -0.39 is 0 Å². The van der Waals surface area contributed by atoms with E-state index in [0.717, 1.165) is 23.7 Å². The predicted octanol–water partition coefficient (Wildman–Crippen LogP) is 13.4. The van der Waals surface area contributed by atoms with Crippen molar-refractivity contribution in [3.8, 4) is 33.4 Å². The highest BCUT2D eigenvalue weighted by molar-refractivity contribution is 7.25. The molecule has 0 nitrogen and oxygen atoms in total. The molecule has 0 atom stereocenters. The van der Waals surface area contributed by atoms with Crippen molar-refractivity contribution >= 4 is 53.1 Å². The normalized spacial score (nSPS) is 24.8. The fraction of sp³-hybridized carbons (Fsp3) is 0.208. The van der Waals surface area contributed by atoms with Crippen molar-refractivity contribution in [2.45, 2.75) is 37.5 Å². The number of hydrogen-bond donors (Lipinski definition) is 0. The minimum Gasteiger partial charge on any atom is -0.135 e. The van der Waals surface area contributed by atoms with Gasteiger partial charge in [0.25, 0.3) is 0 Å². The molecule has 0 N–H and O–H groups in total. The van der Waals surface area contributed by atoms with Gasteiger partial charge in [0.2, 0.25) is 0 Å². The monoisotopic (exact) mass is 644 g/mol. The largest absolute Gasteiger partial charge is 0.135 e. The van der Waals surface area contributed by atoms with E-state index in [1.165, 1.54) is 107 Å². The summed E-state index contributed by atoms with van der Waals surface area (Å²) in [5, 5.41) is 8.08. The van der Waals surface area contributed by atoms with Crippen molar-refractivity contribution < 1.29 is 0 Å². The van der Waals surface area contributed by atoms with Gasteiger partial charge in [-0.2, -0.15) is 0 Å². The van der Waals surface area contributed by atoms with Crippen LogP contribution in [0, 0.1) is 23.7 Å². The van der Waals surface area contributed by atoms with E-state index in [-0.39, 0.29) is 5.41 Å². The third-order valence-electron chi connectivity index (χ3n) is 13.4. The summed E-state index contributed by atoms with van der Waals surface area (Å²) in [6.45, 7) is 0. The summed E-state index contributed by atoms with van der Waals surface area (Å²) in [6.07, 6.45) is 7.13. The second-order valence-electron chi connectivity index (χ2n) is 15.6. The first-order valence-electron chi connectivity index (χ1n) is 18.4. The summed E-state index contributed by atoms with van der Waals surface area (Å²) in [4.78, 5) is 0. The Morgan fingerprint density at radius 2 is 0.918 bits per heavy atom. The van der Waals surface area contributed by atoms with Gasteiger partial charge in [0.1, 0.15) is 0 Å². The molecule has 8 aromatic rings. The van der Waals surface area contributed by atoms with E-state index in [9.17, 15) is 0 Å². The molecule has 13 rings (SSSR count). The fourth-order valence-electron chi connectivity index (χ4n) is 11.9. The van der Waals surface area contributed by atoms with Gasteiger partial charge >= 0.3 is 0 Å². The molecule has 0 unspecified atom stereocenters. The van der Waals surface area contributed by atoms with E-state index in [1.54, 1.807) is 11.1 Å². The fourth-order valence-corrected chi connectivity index (χ4v) is 13.1. The van der Waals surface area contributed by atoms with Gasteiger partial charge in [0.15, 0.2) is 0 Å². The summed E-state index contributed by atoms with van der Waals surface area (Å²) >= 11 is 1.91. The first-order chi connectivity index (χ1) is 24.3. The van der Waals surface area contributed by atoms with E-state index in [1.807, 2.05) is 11.3 Å². The van der Waals surface area contributed by atoms with Crippen LogP contribution >= 0.6 is 11.3 Å². The number of thiophene rings is 1. The van der Waals surface area contributed by atoms with Crippen LogP contribution in [0.5, 0.6) is 0 Å². The maximum Gasteiger partial charge on any atom is 0.0361 e. The zero-order chi connectivity index (χ0) is 31.8. The standard InChI is InChI=1S/C48H36S/c1-3-13-40-38(11-1)46(39-12-2-4-14-41(39)47(40)31-18-20-37-36-10-6-8-16-44(36)49-45(37)27-31)30-17-19-35-34-9-5-7-15-42(34)48(43(35)26-30)32-22-28-21-29(24-32)25-33(48)23-28/h1-20,26-29,32-33H,21-25H2. The molecule has 0 aliphatic heterocycles. The molecule has 0 saturated heterocycles. The van der Waals surface area contributed by atoms with Crippen LogP contribution in [0.25, 0.3) is 75.1 Å². The molecule has 0 amide bonds. The SMILES string of the molecule is c1ccc2c(c1)-c1ccc(-c3c4ccccc4c(-c4ccc5c(c4)sc4ccccc45)c4ccccc34)cc1C21C2CC3CC(C2)CC1C3. The first-order valence-corrected chi connectivity index (χ1v) is 19.2. The van der Waals surface area contributed by atoms with E-state index in [4.69, 9.17) is 0 Å². The molecule has 49 heavy (non-hydrogen) atoms. The lowest BCUT2D eigenvalue weighted by atomic mass is 9.43. The van der Waals surface area contributed by atoms with Crippen molar-refractivity contribution in [1.82, 2.24) is 0 Å². The third kappa shape index (κ3) is 3.49. The highest BCUT2D eigenvalue weighted by atomic mass is 32.1. The van der Waals surface area contributed by atoms with Crippen LogP contribution in [0.3, 0.4) is 0 Å². The van der Waals surface area contributed by atoms with Gasteiger partial charge in [-0.25, -0.2) is 0 Å². The first kappa shape index (κ1) is 27.1. The predicted molar refractivity (Wildman–Crippen MR) is 208 cm³/mol. The van der Waals surface area contributed by atoms with E-state index in [2.05, 4.69) is 133 Å². The lowest BCUT2D eigenvalue weighted by Crippen LogP contribution is -2.55. The zero-order valence-corrected chi connectivity index (χ0v) is 28.3. The topological polar surface area (TPSA) is 0 Å². The molecule has 5 aliphatic carbocycles. The molecule has 4 bridgehead atoms. The molecule has 1 heterocycles. The quantitative estimate of drug-likeness (QED) is 0.164. The molecule has 234 valence electrons. The molecule has 4 fully saturated rings. The Bertz CT molecular complexity index is 2600. The van der Waals surface area contributed by atoms with Gasteiger partial charge in [0, 0.05) is 25.6 Å². The molecule has 5 aliphatic rings. The molecule has 4 saturated carbocycles. The van der Waals surface area contributed by atoms with Crippen LogP contribution in [0.1, 0.15) is 43.2 Å². The van der Waals surface area contributed by atoms with Gasteiger partial charge < -0.3 is 0 Å². The maximum absolute atomic E-state index is 2.68. The average Bonchev–Trinajstić information content (AvgIpc) is 3.65. The van der Waals surface area contributed by atoms with Gasteiger partial charge in [-0.05, 0) is 140 Å². The Labute approximate surface area is 291 Å². The summed E-state index contributed by atoms with van der Waals surface area (Å²) in [5.74, 6) is 3.42. The molecular formula is C48H36S. The Balaban J connectivity index is 1.12. The Morgan fingerprint density at radius 3 is 1.59 bits per heavy atom. The lowest BCUT2D eigenvalue weighted by Gasteiger charge is -2.61. The Kier molecular flexibility index (Phi) is 5.38. The van der Waals surface area contributed by atoms with Crippen LogP contribution in [0.4, 0.5) is 0 Å². The number of hydrogen-bond acceptors (Lipinski definition) is 1. The smallest absolute Gasteiger partial charge is 0.0361 e. The third-order valence-corrected chi connectivity index (χ3v) is 14.6. The molecule has 0 radical (unpaired) electrons. The number of rotatable bonds is 2. The van der Waals surface area contributed by atoms with Gasteiger partial charge in [-0.15, -0.1) is 11.3 Å². The van der Waals surface area contributed by atoms with Crippen LogP contribution in [-0.2, 0) is 5.41 Å². The molecule has 1 heteroatoms. The van der Waals surface area contributed by atoms with E-state index >= 15 is 0 Å². The number of benzene rings is 7. The average molecular weight is 645 g/mol. The Morgan fingerprint density at radius 1 is 0.408 bits per heavy atom. The minimum atomic E-state index is 0.167. The van der Waals surface area contributed by atoms with Crippen molar-refractivity contribution in [3.63, 3.8) is 0 Å². The highest BCUT2D eigenvalue weighted by Gasteiger charge is 2.61. The zero-order valence-electron chi connectivity index (χ0n) is 27.5. The summed E-state index contributed by atoms with van der Waals surface area (Å²) in [7, 11) is 0. The summed E-state index contributed by atoms with van der Waals surface area (Å²) in [5.41, 5.74) is 11.8. The van der Waals surface area contributed by atoms with Crippen molar-refractivity contribution in [1.29, 1.82) is 0 Å². The maximum atomic E-state index is 2.68. The second kappa shape index (κ2) is 9.71. The minimum absolute atomic E-state index is 0.167. The Hall–Kier alpha value is -4.72. The molecule has 1 aromatic heterocycles. The van der Waals surface area contributed by atoms with Gasteiger partial charge in [0.05, 0.1) is 0 Å². The van der Waals surface area contributed by atoms with Crippen molar-refractivity contribution in [2.75, 3.05) is 0 Å². The number of fused-ring (bicyclic) bond motifs is 8. The lowest BCUT2D eigenvalue weighted by molar-refractivity contribution is -0.0399. The summed E-state index contributed by atoms with van der Waals surface area (Å²) < 4.78 is 2.71. The van der Waals surface area contributed by atoms with Crippen molar-refractivity contribution in [2.24, 2.45) is 23.7 Å². The van der Waals surface area contributed by atoms with Gasteiger partial charge in [-0.1, -0.05) is 115 Å². The second-order valence-corrected chi connectivity index (χ2v) is 16.7. The van der Waals surface area contributed by atoms with Gasteiger partial charge in [-0.3, -0.25) is 0 Å². The van der Waals surface area contributed by atoms with Crippen LogP contribution in [0.15, 0.2) is 133 Å². The van der Waals surface area contributed by atoms with Crippen LogP contribution in [0.2, 0.25) is 0 Å². The van der Waals surface area contributed by atoms with Crippen molar-refractivity contribution in [3.05, 3.63) is 145 Å². The molecular weight excluding hydrogens is 609 g/mol. The summed E-state index contributed by atoms with van der Waals surface area (Å²) in [6, 6.07) is 51.5. The van der Waals surface area contributed by atoms with Crippen LogP contribution < -0.4 is 0 Å². The van der Waals surface area contributed by atoms with Crippen LogP contribution in [-0.4, -0.2) is 0 Å². The highest BCUT2D eigenvalue weighted by Crippen LogP contribution is 2.69.